The van der Waals surface area contributed by atoms with Crippen LogP contribution in [0.25, 0.3) is 6.08 Å². The number of benzene rings is 1. The van der Waals surface area contributed by atoms with E-state index in [2.05, 4.69) is 14.8 Å². The summed E-state index contributed by atoms with van der Waals surface area (Å²) in [6.07, 6.45) is 5.64. The van der Waals surface area contributed by atoms with Crippen molar-refractivity contribution in [3.63, 3.8) is 0 Å². The predicted molar refractivity (Wildman–Crippen MR) is 82.0 cm³/mol. The molecule has 0 aromatic heterocycles. The van der Waals surface area contributed by atoms with Crippen molar-refractivity contribution in [3.8, 4) is 0 Å². The number of alkyl halides is 3. The molecule has 0 nitrogen and oxygen atoms in total. The Bertz CT molecular complexity index is 573. The summed E-state index contributed by atoms with van der Waals surface area (Å²) in [5, 5.41) is 0. The minimum atomic E-state index is -4.24. The Morgan fingerprint density at radius 2 is 1.85 bits per heavy atom. The molecule has 1 aliphatic heterocycles. The third-order valence-electron chi connectivity index (χ3n) is 4.17. The third kappa shape index (κ3) is 2.05. The first kappa shape index (κ1) is 14.5. The van der Waals surface area contributed by atoms with E-state index in [1.54, 1.807) is 12.1 Å². The number of aryl methyl sites for hydroxylation is 1. The van der Waals surface area contributed by atoms with E-state index in [0.717, 1.165) is 36.8 Å². The first-order valence-electron chi connectivity index (χ1n) is 6.75. The standard InChI is InChI=1S/C15H16BrF3S/c1-10-6-7-12-9-14(11-4-2-3-5-11)20(16,13(12)8-10)15(17,18)19/h6-9,11H,2-5H2,1H3. The van der Waals surface area contributed by atoms with Crippen LogP contribution in [0.15, 0.2) is 28.0 Å². The van der Waals surface area contributed by atoms with Gasteiger partial charge in [0.2, 0.25) is 0 Å². The Labute approximate surface area is 126 Å². The fourth-order valence-electron chi connectivity index (χ4n) is 3.18. The lowest BCUT2D eigenvalue weighted by molar-refractivity contribution is -0.0356. The van der Waals surface area contributed by atoms with Gasteiger partial charge in [-0.1, -0.05) is 25.0 Å². The van der Waals surface area contributed by atoms with Crippen LogP contribution in [0.2, 0.25) is 0 Å². The molecule has 1 atom stereocenters. The first-order chi connectivity index (χ1) is 9.34. The number of hydrogen-bond donors (Lipinski definition) is 0. The lowest BCUT2D eigenvalue weighted by atomic mass is 10.1. The van der Waals surface area contributed by atoms with E-state index in [9.17, 15) is 13.2 Å². The lowest BCUT2D eigenvalue weighted by Crippen LogP contribution is -2.18. The quantitative estimate of drug-likeness (QED) is 0.531. The van der Waals surface area contributed by atoms with Crippen LogP contribution in [0.5, 0.6) is 0 Å². The van der Waals surface area contributed by atoms with Gasteiger partial charge in [-0.3, -0.25) is 0 Å². The van der Waals surface area contributed by atoms with Crippen molar-refractivity contribution in [2.75, 3.05) is 0 Å². The van der Waals surface area contributed by atoms with E-state index in [4.69, 9.17) is 0 Å². The van der Waals surface area contributed by atoms with Crippen molar-refractivity contribution in [1.29, 1.82) is 0 Å². The molecule has 1 aromatic rings. The average molecular weight is 365 g/mol. The maximum absolute atomic E-state index is 13.8. The summed E-state index contributed by atoms with van der Waals surface area (Å²) in [5.41, 5.74) is -2.62. The summed E-state index contributed by atoms with van der Waals surface area (Å²) in [5.74, 6) is 0.0821. The summed E-state index contributed by atoms with van der Waals surface area (Å²) >= 11 is 3.17. The van der Waals surface area contributed by atoms with E-state index in [-0.39, 0.29) is 5.92 Å². The largest absolute Gasteiger partial charge is 0.442 e. The summed E-state index contributed by atoms with van der Waals surface area (Å²) in [6, 6.07) is 5.41. The van der Waals surface area contributed by atoms with Gasteiger partial charge in [-0.2, -0.15) is 13.2 Å². The maximum atomic E-state index is 13.8. The van der Waals surface area contributed by atoms with Crippen LogP contribution in [0.3, 0.4) is 0 Å². The zero-order valence-corrected chi connectivity index (χ0v) is 13.5. The predicted octanol–water partition coefficient (Wildman–Crippen LogP) is 6.53. The fraction of sp³-hybridized carbons (Fsp3) is 0.467. The molecule has 1 unspecified atom stereocenters. The molecule has 0 N–H and O–H groups in total. The first-order valence-corrected chi connectivity index (χ1v) is 10.2. The van der Waals surface area contributed by atoms with Crippen molar-refractivity contribution < 1.29 is 13.2 Å². The summed E-state index contributed by atoms with van der Waals surface area (Å²) in [4.78, 5) is 1.02. The van der Waals surface area contributed by atoms with Gasteiger partial charge < -0.3 is 0 Å². The van der Waals surface area contributed by atoms with Gasteiger partial charge in [0, 0.05) is 4.90 Å². The molecule has 0 spiro atoms. The van der Waals surface area contributed by atoms with Crippen LogP contribution in [-0.4, -0.2) is 5.51 Å². The summed E-state index contributed by atoms with van der Waals surface area (Å²) in [7, 11) is -3.05. The lowest BCUT2D eigenvalue weighted by Gasteiger charge is -2.37. The third-order valence-corrected chi connectivity index (χ3v) is 10.1. The zero-order chi connectivity index (χ0) is 14.5. The van der Waals surface area contributed by atoms with Gasteiger partial charge in [0.1, 0.15) is 0 Å². The Kier molecular flexibility index (Phi) is 3.49. The van der Waals surface area contributed by atoms with E-state index in [0.29, 0.717) is 9.80 Å². The molecule has 3 rings (SSSR count). The number of allylic oxidation sites excluding steroid dienone is 1. The topological polar surface area (TPSA) is 0 Å². The van der Waals surface area contributed by atoms with E-state index in [1.165, 1.54) is 0 Å². The van der Waals surface area contributed by atoms with Gasteiger partial charge in [-0.25, -0.2) is 0 Å². The smallest absolute Gasteiger partial charge is 0.160 e. The Morgan fingerprint density at radius 1 is 1.20 bits per heavy atom. The second kappa shape index (κ2) is 4.80. The summed E-state index contributed by atoms with van der Waals surface area (Å²) < 4.78 is 41.4. The Morgan fingerprint density at radius 3 is 2.45 bits per heavy atom. The molecular formula is C15H16BrF3S. The van der Waals surface area contributed by atoms with E-state index >= 15 is 0 Å². The van der Waals surface area contributed by atoms with Crippen molar-refractivity contribution in [1.82, 2.24) is 0 Å². The minimum absolute atomic E-state index is 0.0821. The molecule has 20 heavy (non-hydrogen) atoms. The highest BCUT2D eigenvalue weighted by molar-refractivity contribution is 9.59. The molecule has 0 bridgehead atoms. The SMILES string of the molecule is Cc1ccc2c(c1)S(Br)(C(F)(F)F)C(C1CCCC1)=C2. The van der Waals surface area contributed by atoms with Gasteiger partial charge >= 0.3 is 5.51 Å². The second-order valence-electron chi connectivity index (χ2n) is 5.55. The number of halogens is 4. The van der Waals surface area contributed by atoms with Gasteiger partial charge in [-0.05, 0) is 77.1 Å². The van der Waals surface area contributed by atoms with Crippen molar-refractivity contribution >= 4 is 29.4 Å². The maximum Gasteiger partial charge on any atom is 0.442 e. The number of hydrogen-bond acceptors (Lipinski definition) is 0. The van der Waals surface area contributed by atoms with Crippen molar-refractivity contribution in [3.05, 3.63) is 34.2 Å². The van der Waals surface area contributed by atoms with Crippen molar-refractivity contribution in [2.24, 2.45) is 5.92 Å². The van der Waals surface area contributed by atoms with Crippen LogP contribution in [0.1, 0.15) is 36.8 Å². The molecule has 1 aromatic carbocycles. The van der Waals surface area contributed by atoms with Gasteiger partial charge in [0.15, 0.2) is 0 Å². The highest BCUT2D eigenvalue weighted by Gasteiger charge is 2.56. The molecule has 1 heterocycles. The highest BCUT2D eigenvalue weighted by atomic mass is 79.9. The normalized spacial score (nSPS) is 29.9. The van der Waals surface area contributed by atoms with E-state index < -0.39 is 14.0 Å². The molecule has 5 heteroatoms. The Balaban J connectivity index is 2.16. The fourth-order valence-corrected chi connectivity index (χ4v) is 7.65. The van der Waals surface area contributed by atoms with E-state index in [1.807, 2.05) is 19.1 Å². The average Bonchev–Trinajstić information content (AvgIpc) is 2.96. The van der Waals surface area contributed by atoms with Crippen molar-refractivity contribution in [2.45, 2.75) is 43.0 Å². The molecule has 2 aliphatic rings. The molecule has 0 saturated heterocycles. The van der Waals surface area contributed by atoms with Gasteiger partial charge in [0.25, 0.3) is 0 Å². The van der Waals surface area contributed by atoms with Crippen LogP contribution in [0, 0.1) is 12.8 Å². The van der Waals surface area contributed by atoms with Crippen LogP contribution >= 0.6 is 23.3 Å². The second-order valence-corrected chi connectivity index (χ2v) is 10.9. The van der Waals surface area contributed by atoms with Gasteiger partial charge in [-0.15, -0.1) is 0 Å². The monoisotopic (exact) mass is 364 g/mol. The van der Waals surface area contributed by atoms with Crippen LogP contribution < -0.4 is 0 Å². The molecule has 1 fully saturated rings. The van der Waals surface area contributed by atoms with Gasteiger partial charge in [0.05, 0.1) is 0 Å². The number of fused-ring (bicyclic) bond motifs is 1. The molecular weight excluding hydrogens is 349 g/mol. The minimum Gasteiger partial charge on any atom is -0.160 e. The molecule has 110 valence electrons. The highest BCUT2D eigenvalue weighted by Crippen LogP contribution is 2.82. The Hall–Kier alpha value is -0.420. The zero-order valence-electron chi connectivity index (χ0n) is 11.1. The molecule has 0 amide bonds. The molecule has 1 aliphatic carbocycles. The van der Waals surface area contributed by atoms with Crippen LogP contribution in [-0.2, 0) is 0 Å². The van der Waals surface area contributed by atoms with Crippen LogP contribution in [0.4, 0.5) is 13.2 Å². The molecule has 1 saturated carbocycles. The molecule has 0 radical (unpaired) electrons. The number of rotatable bonds is 1. The summed E-state index contributed by atoms with van der Waals surface area (Å²) in [6.45, 7) is 1.84.